The molecule has 0 aliphatic heterocycles. The van der Waals surface area contributed by atoms with Crippen molar-refractivity contribution < 1.29 is 4.79 Å². The van der Waals surface area contributed by atoms with Gasteiger partial charge in [-0.2, -0.15) is 0 Å². The minimum absolute atomic E-state index is 0.590. The molecule has 0 aliphatic carbocycles. The minimum Gasteiger partial charge on any atom is -0.396 e. The molecule has 3 N–H and O–H groups in total. The van der Waals surface area contributed by atoms with E-state index in [0.717, 1.165) is 39.6 Å². The quantitative estimate of drug-likeness (QED) is 0.503. The molecule has 2 heterocycles. The second-order valence-corrected chi connectivity index (χ2v) is 6.71. The minimum atomic E-state index is 0.590. The van der Waals surface area contributed by atoms with Crippen molar-refractivity contribution in [3.8, 4) is 11.3 Å². The highest BCUT2D eigenvalue weighted by atomic mass is 16.1. The zero-order valence-corrected chi connectivity index (χ0v) is 15.5. The maximum Gasteiger partial charge on any atom is 0.150 e. The third-order valence-corrected chi connectivity index (χ3v) is 4.75. The first-order chi connectivity index (χ1) is 13.6. The number of nitrogens with zero attached hydrogens (tertiary/aromatic N) is 2. The highest BCUT2D eigenvalue weighted by Crippen LogP contribution is 2.25. The zero-order chi connectivity index (χ0) is 19.5. The first kappa shape index (κ1) is 17.7. The number of aldehydes is 1. The molecule has 5 nitrogen and oxygen atoms in total. The van der Waals surface area contributed by atoms with Gasteiger partial charge in [-0.15, -0.1) is 0 Å². The van der Waals surface area contributed by atoms with E-state index in [0.29, 0.717) is 23.6 Å². The highest BCUT2D eigenvalue weighted by Gasteiger charge is 2.07. The van der Waals surface area contributed by atoms with Crippen LogP contribution in [0.2, 0.25) is 0 Å². The number of hydrogen-bond acceptors (Lipinski definition) is 5. The molecule has 28 heavy (non-hydrogen) atoms. The van der Waals surface area contributed by atoms with E-state index in [9.17, 15) is 4.79 Å². The molecule has 0 radical (unpaired) electrons. The summed E-state index contributed by atoms with van der Waals surface area (Å²) in [6, 6.07) is 19.5. The molecular formula is C23H20N4O. The molecule has 0 bridgehead atoms. The summed E-state index contributed by atoms with van der Waals surface area (Å²) in [4.78, 5) is 20.1. The van der Waals surface area contributed by atoms with E-state index in [1.807, 2.05) is 61.5 Å². The van der Waals surface area contributed by atoms with E-state index in [2.05, 4.69) is 21.4 Å². The normalized spacial score (nSPS) is 10.8. The molecule has 0 fully saturated rings. The number of nitrogens with one attached hydrogen (secondary N) is 1. The molecule has 5 heteroatoms. The molecule has 0 saturated heterocycles. The van der Waals surface area contributed by atoms with Gasteiger partial charge in [0.1, 0.15) is 12.1 Å². The van der Waals surface area contributed by atoms with Crippen LogP contribution < -0.4 is 11.1 Å². The number of nitrogens with two attached hydrogens (primary N) is 1. The van der Waals surface area contributed by atoms with Crippen molar-refractivity contribution in [2.75, 3.05) is 11.1 Å². The smallest absolute Gasteiger partial charge is 0.150 e. The third kappa shape index (κ3) is 3.55. The summed E-state index contributed by atoms with van der Waals surface area (Å²) >= 11 is 0. The summed E-state index contributed by atoms with van der Waals surface area (Å²) in [5, 5.41) is 4.43. The molecule has 0 amide bonds. The van der Waals surface area contributed by atoms with Gasteiger partial charge in [0.2, 0.25) is 0 Å². The van der Waals surface area contributed by atoms with Crippen LogP contribution in [0, 0.1) is 6.92 Å². The van der Waals surface area contributed by atoms with Gasteiger partial charge in [0, 0.05) is 29.3 Å². The van der Waals surface area contributed by atoms with Crippen LogP contribution in [0.15, 0.2) is 66.9 Å². The zero-order valence-electron chi connectivity index (χ0n) is 15.5. The van der Waals surface area contributed by atoms with E-state index in [-0.39, 0.29) is 0 Å². The standard InChI is InChI=1S/C23H20N4O/c1-15-11-18(5-6-19(15)14-28)22-9-7-20(24)23(27-22)26-13-16-4-8-21-17(12-16)3-2-10-25-21/h2-12,14H,13,24H2,1H3,(H,26,27). The first-order valence-corrected chi connectivity index (χ1v) is 9.04. The average molecular weight is 368 g/mol. The van der Waals surface area contributed by atoms with Crippen molar-refractivity contribution in [3.05, 3.63) is 83.6 Å². The SMILES string of the molecule is Cc1cc(-c2ccc(N)c(NCc3ccc4ncccc4c3)n2)ccc1C=O. The van der Waals surface area contributed by atoms with Gasteiger partial charge in [-0.1, -0.05) is 24.3 Å². The molecular weight excluding hydrogens is 348 g/mol. The number of carbonyl (C=O) groups is 1. The highest BCUT2D eigenvalue weighted by molar-refractivity contribution is 5.80. The maximum atomic E-state index is 11.0. The monoisotopic (exact) mass is 368 g/mol. The molecule has 4 rings (SSSR count). The molecule has 138 valence electrons. The van der Waals surface area contributed by atoms with Crippen LogP contribution in [-0.4, -0.2) is 16.3 Å². The largest absolute Gasteiger partial charge is 0.396 e. The molecule has 2 aromatic carbocycles. The van der Waals surface area contributed by atoms with Crippen molar-refractivity contribution >= 4 is 28.7 Å². The molecule has 0 saturated carbocycles. The summed E-state index contributed by atoms with van der Waals surface area (Å²) in [6.45, 7) is 2.52. The molecule has 0 aliphatic rings. The van der Waals surface area contributed by atoms with Crippen LogP contribution in [0.5, 0.6) is 0 Å². The van der Waals surface area contributed by atoms with Gasteiger partial charge in [0.05, 0.1) is 16.9 Å². The van der Waals surface area contributed by atoms with Gasteiger partial charge in [-0.05, 0) is 54.4 Å². The summed E-state index contributed by atoms with van der Waals surface area (Å²) in [5.41, 5.74) is 12.2. The number of anilines is 2. The first-order valence-electron chi connectivity index (χ1n) is 9.04. The topological polar surface area (TPSA) is 80.9 Å². The Kier molecular flexibility index (Phi) is 4.72. The Bertz CT molecular complexity index is 1170. The molecule has 0 spiro atoms. The Hall–Kier alpha value is -3.73. The van der Waals surface area contributed by atoms with Gasteiger partial charge in [-0.3, -0.25) is 9.78 Å². The number of nitrogen functional groups attached to an aromatic ring is 1. The predicted molar refractivity (Wildman–Crippen MR) is 113 cm³/mol. The maximum absolute atomic E-state index is 11.0. The van der Waals surface area contributed by atoms with Crippen LogP contribution in [0.1, 0.15) is 21.5 Å². The number of fused-ring (bicyclic) bond motifs is 1. The Morgan fingerprint density at radius 1 is 1.07 bits per heavy atom. The lowest BCUT2D eigenvalue weighted by atomic mass is 10.0. The second kappa shape index (κ2) is 7.48. The van der Waals surface area contributed by atoms with Gasteiger partial charge in [-0.25, -0.2) is 4.98 Å². The van der Waals surface area contributed by atoms with Gasteiger partial charge < -0.3 is 11.1 Å². The molecule has 2 aromatic heterocycles. The van der Waals surface area contributed by atoms with E-state index < -0.39 is 0 Å². The lowest BCUT2D eigenvalue weighted by Gasteiger charge is -2.12. The number of rotatable bonds is 5. The summed E-state index contributed by atoms with van der Waals surface area (Å²) in [5.74, 6) is 0.640. The average Bonchev–Trinajstić information content (AvgIpc) is 2.73. The fourth-order valence-corrected chi connectivity index (χ4v) is 3.16. The van der Waals surface area contributed by atoms with Crippen molar-refractivity contribution in [1.82, 2.24) is 9.97 Å². The summed E-state index contributed by atoms with van der Waals surface area (Å²) < 4.78 is 0. The van der Waals surface area contributed by atoms with Crippen molar-refractivity contribution in [2.45, 2.75) is 13.5 Å². The Labute approximate surface area is 163 Å². The number of aromatic nitrogens is 2. The number of carbonyl (C=O) groups excluding carboxylic acids is 1. The van der Waals surface area contributed by atoms with E-state index in [1.54, 1.807) is 6.20 Å². The van der Waals surface area contributed by atoms with Crippen molar-refractivity contribution in [1.29, 1.82) is 0 Å². The van der Waals surface area contributed by atoms with Gasteiger partial charge in [0.25, 0.3) is 0 Å². The molecule has 0 atom stereocenters. The Morgan fingerprint density at radius 2 is 1.96 bits per heavy atom. The van der Waals surface area contributed by atoms with E-state index in [4.69, 9.17) is 5.73 Å². The Balaban J connectivity index is 1.58. The third-order valence-electron chi connectivity index (χ3n) is 4.75. The van der Waals surface area contributed by atoms with Crippen LogP contribution in [0.3, 0.4) is 0 Å². The van der Waals surface area contributed by atoms with Gasteiger partial charge in [0.15, 0.2) is 0 Å². The molecule has 0 unspecified atom stereocenters. The Morgan fingerprint density at radius 3 is 2.79 bits per heavy atom. The number of benzene rings is 2. The fourth-order valence-electron chi connectivity index (χ4n) is 3.16. The van der Waals surface area contributed by atoms with Crippen LogP contribution in [0.4, 0.5) is 11.5 Å². The van der Waals surface area contributed by atoms with Crippen molar-refractivity contribution in [2.24, 2.45) is 0 Å². The van der Waals surface area contributed by atoms with Crippen LogP contribution >= 0.6 is 0 Å². The number of hydrogen-bond donors (Lipinski definition) is 2. The predicted octanol–water partition coefficient (Wildman–Crippen LogP) is 4.61. The van der Waals surface area contributed by atoms with Crippen molar-refractivity contribution in [3.63, 3.8) is 0 Å². The van der Waals surface area contributed by atoms with Gasteiger partial charge >= 0.3 is 0 Å². The fraction of sp³-hybridized carbons (Fsp3) is 0.0870. The van der Waals surface area contributed by atoms with E-state index >= 15 is 0 Å². The lowest BCUT2D eigenvalue weighted by molar-refractivity contribution is 0.112. The number of pyridine rings is 2. The summed E-state index contributed by atoms with van der Waals surface area (Å²) in [6.07, 6.45) is 2.65. The van der Waals surface area contributed by atoms with Crippen LogP contribution in [0.25, 0.3) is 22.2 Å². The number of aryl methyl sites for hydroxylation is 1. The lowest BCUT2D eigenvalue weighted by Crippen LogP contribution is -2.05. The van der Waals surface area contributed by atoms with Crippen LogP contribution in [-0.2, 0) is 6.54 Å². The molecule has 4 aromatic rings. The second-order valence-electron chi connectivity index (χ2n) is 6.71. The summed E-state index contributed by atoms with van der Waals surface area (Å²) in [7, 11) is 0. The van der Waals surface area contributed by atoms with E-state index in [1.165, 1.54) is 0 Å².